The van der Waals surface area contributed by atoms with E-state index in [-0.39, 0.29) is 0 Å². The van der Waals surface area contributed by atoms with Crippen molar-refractivity contribution < 1.29 is 0 Å². The highest BCUT2D eigenvalue weighted by Gasteiger charge is 2.15. The summed E-state index contributed by atoms with van der Waals surface area (Å²) in [4.78, 5) is 2.40. The molecule has 0 amide bonds. The summed E-state index contributed by atoms with van der Waals surface area (Å²) in [5.41, 5.74) is 2.68. The van der Waals surface area contributed by atoms with Crippen LogP contribution in [0.5, 0.6) is 0 Å². The van der Waals surface area contributed by atoms with Gasteiger partial charge in [-0.1, -0.05) is 26.0 Å². The van der Waals surface area contributed by atoms with Crippen LogP contribution >= 0.6 is 0 Å². The van der Waals surface area contributed by atoms with Crippen molar-refractivity contribution in [3.05, 3.63) is 29.8 Å². The van der Waals surface area contributed by atoms with Crippen molar-refractivity contribution in [3.63, 3.8) is 0 Å². The third kappa shape index (κ3) is 3.47. The van der Waals surface area contributed by atoms with Gasteiger partial charge in [0.25, 0.3) is 0 Å². The Morgan fingerprint density at radius 1 is 1.12 bits per heavy atom. The molecule has 1 N–H and O–H groups in total. The molecule has 17 heavy (non-hydrogen) atoms. The van der Waals surface area contributed by atoms with Gasteiger partial charge in [0, 0.05) is 11.7 Å². The maximum atomic E-state index is 3.64. The molecule has 0 spiro atoms. The summed E-state index contributed by atoms with van der Waals surface area (Å²) in [5, 5.41) is 3.64. The highest BCUT2D eigenvalue weighted by molar-refractivity contribution is 5.46. The number of hydrogen-bond acceptors (Lipinski definition) is 2. The molecule has 1 aromatic rings. The monoisotopic (exact) mass is 232 g/mol. The second-order valence-electron chi connectivity index (χ2n) is 5.50. The Morgan fingerprint density at radius 3 is 2.24 bits per heavy atom. The van der Waals surface area contributed by atoms with Gasteiger partial charge < -0.3 is 10.2 Å². The third-order valence-electron chi connectivity index (χ3n) is 3.67. The smallest absolute Gasteiger partial charge is 0.0342 e. The van der Waals surface area contributed by atoms with Crippen LogP contribution in [0.15, 0.2) is 24.3 Å². The predicted octanol–water partition coefficient (Wildman–Crippen LogP) is 3.32. The van der Waals surface area contributed by atoms with Crippen molar-refractivity contribution in [1.82, 2.24) is 4.90 Å². The van der Waals surface area contributed by atoms with Gasteiger partial charge in [-0.15, -0.1) is 0 Å². The zero-order valence-electron chi connectivity index (χ0n) is 11.2. The maximum absolute atomic E-state index is 3.64. The topological polar surface area (TPSA) is 15.3 Å². The number of piperidine rings is 1. The van der Waals surface area contributed by atoms with E-state index >= 15 is 0 Å². The lowest BCUT2D eigenvalue weighted by Crippen LogP contribution is -2.36. The van der Waals surface area contributed by atoms with Gasteiger partial charge in [-0.25, -0.2) is 0 Å². The van der Waals surface area contributed by atoms with Gasteiger partial charge in [0.1, 0.15) is 0 Å². The van der Waals surface area contributed by atoms with Gasteiger partial charge in [-0.05, 0) is 56.6 Å². The Morgan fingerprint density at radius 2 is 1.71 bits per heavy atom. The minimum absolute atomic E-state index is 0.618. The number of nitrogens with zero attached hydrogens (tertiary/aromatic N) is 1. The average Bonchev–Trinajstić information content (AvgIpc) is 2.33. The number of likely N-dealkylation sites (tertiary alicyclic amines) is 1. The molecule has 2 rings (SSSR count). The first kappa shape index (κ1) is 12.4. The Bertz CT molecular complexity index is 334. The Kier molecular flexibility index (Phi) is 4.06. The highest BCUT2D eigenvalue weighted by atomic mass is 15.1. The lowest BCUT2D eigenvalue weighted by atomic mass is 10.0. The van der Waals surface area contributed by atoms with E-state index in [1.807, 2.05) is 0 Å². The largest absolute Gasteiger partial charge is 0.382 e. The minimum Gasteiger partial charge on any atom is -0.382 e. The second kappa shape index (κ2) is 5.54. The van der Waals surface area contributed by atoms with Crippen LogP contribution < -0.4 is 5.32 Å². The predicted molar refractivity (Wildman–Crippen MR) is 74.7 cm³/mol. The number of anilines is 1. The molecule has 0 saturated carbocycles. The lowest BCUT2D eigenvalue weighted by molar-refractivity contribution is 0.264. The summed E-state index contributed by atoms with van der Waals surface area (Å²) >= 11 is 0. The van der Waals surface area contributed by atoms with Crippen LogP contribution in [0.4, 0.5) is 5.69 Å². The van der Waals surface area contributed by atoms with Crippen LogP contribution in [0.25, 0.3) is 0 Å². The Labute approximate surface area is 105 Å². The highest BCUT2D eigenvalue weighted by Crippen LogP contribution is 2.19. The van der Waals surface area contributed by atoms with E-state index in [4.69, 9.17) is 0 Å². The van der Waals surface area contributed by atoms with Crippen LogP contribution in [0.2, 0.25) is 0 Å². The molecule has 0 bridgehead atoms. The third-order valence-corrected chi connectivity index (χ3v) is 3.67. The molecule has 1 aliphatic rings. The van der Waals surface area contributed by atoms with Gasteiger partial charge in [-0.3, -0.25) is 0 Å². The summed E-state index contributed by atoms with van der Waals surface area (Å²) in [6.07, 6.45) is 2.50. The summed E-state index contributed by atoms with van der Waals surface area (Å²) in [7, 11) is 2.20. The van der Waals surface area contributed by atoms with Crippen LogP contribution in [0.3, 0.4) is 0 Å². The molecule has 0 atom stereocenters. The van der Waals surface area contributed by atoms with E-state index in [0.717, 1.165) is 0 Å². The minimum atomic E-state index is 0.618. The SMILES string of the molecule is CC(C)c1ccc(NC2CCN(C)CC2)cc1. The second-order valence-corrected chi connectivity index (χ2v) is 5.50. The van der Waals surface area contributed by atoms with Gasteiger partial charge in [0.2, 0.25) is 0 Å². The van der Waals surface area contributed by atoms with E-state index in [0.29, 0.717) is 12.0 Å². The molecule has 2 heteroatoms. The first-order valence-electron chi connectivity index (χ1n) is 6.70. The summed E-state index contributed by atoms with van der Waals surface area (Å²) in [5.74, 6) is 0.618. The molecule has 94 valence electrons. The van der Waals surface area contributed by atoms with Gasteiger partial charge in [0.05, 0.1) is 0 Å². The average molecular weight is 232 g/mol. The van der Waals surface area contributed by atoms with Gasteiger partial charge >= 0.3 is 0 Å². The first-order chi connectivity index (χ1) is 8.15. The van der Waals surface area contributed by atoms with Crippen LogP contribution in [0, 0.1) is 0 Å². The van der Waals surface area contributed by atoms with Gasteiger partial charge in [-0.2, -0.15) is 0 Å². The molecule has 1 aliphatic heterocycles. The van der Waals surface area contributed by atoms with Crippen molar-refractivity contribution in [1.29, 1.82) is 0 Å². The summed E-state index contributed by atoms with van der Waals surface area (Å²) in [6, 6.07) is 9.56. The van der Waals surface area contributed by atoms with Crippen LogP contribution in [-0.2, 0) is 0 Å². The molecule has 0 radical (unpaired) electrons. The molecule has 0 unspecified atom stereocenters. The van der Waals surface area contributed by atoms with Crippen LogP contribution in [0.1, 0.15) is 38.2 Å². The zero-order chi connectivity index (χ0) is 12.3. The molecule has 0 aliphatic carbocycles. The number of hydrogen-bond donors (Lipinski definition) is 1. The first-order valence-corrected chi connectivity index (χ1v) is 6.70. The summed E-state index contributed by atoms with van der Waals surface area (Å²) < 4.78 is 0. The van der Waals surface area contributed by atoms with Gasteiger partial charge in [0.15, 0.2) is 0 Å². The van der Waals surface area contributed by atoms with Crippen LogP contribution in [-0.4, -0.2) is 31.1 Å². The normalized spacial score (nSPS) is 18.6. The van der Waals surface area contributed by atoms with E-state index in [1.54, 1.807) is 0 Å². The van der Waals surface area contributed by atoms with E-state index in [2.05, 4.69) is 55.4 Å². The van der Waals surface area contributed by atoms with E-state index < -0.39 is 0 Å². The summed E-state index contributed by atoms with van der Waals surface area (Å²) in [6.45, 7) is 6.89. The fourth-order valence-electron chi connectivity index (χ4n) is 2.35. The molecule has 1 saturated heterocycles. The fourth-order valence-corrected chi connectivity index (χ4v) is 2.35. The molecule has 1 heterocycles. The number of rotatable bonds is 3. The molecule has 0 aromatic heterocycles. The molecule has 1 fully saturated rings. The number of benzene rings is 1. The molecular weight excluding hydrogens is 208 g/mol. The Hall–Kier alpha value is -1.02. The number of nitrogens with one attached hydrogen (secondary N) is 1. The van der Waals surface area contributed by atoms with Crippen molar-refractivity contribution in [2.75, 3.05) is 25.5 Å². The van der Waals surface area contributed by atoms with E-state index in [1.165, 1.54) is 37.2 Å². The van der Waals surface area contributed by atoms with Crippen molar-refractivity contribution in [2.45, 2.75) is 38.6 Å². The van der Waals surface area contributed by atoms with Crippen molar-refractivity contribution >= 4 is 5.69 Å². The maximum Gasteiger partial charge on any atom is 0.0342 e. The standard InChI is InChI=1S/C15H24N2/c1-12(2)13-4-6-14(7-5-13)16-15-8-10-17(3)11-9-15/h4-7,12,15-16H,8-11H2,1-3H3. The van der Waals surface area contributed by atoms with E-state index in [9.17, 15) is 0 Å². The van der Waals surface area contributed by atoms with Crippen molar-refractivity contribution in [2.24, 2.45) is 0 Å². The van der Waals surface area contributed by atoms with Crippen molar-refractivity contribution in [3.8, 4) is 0 Å². The quantitative estimate of drug-likeness (QED) is 0.860. The lowest BCUT2D eigenvalue weighted by Gasteiger charge is -2.30. The Balaban J connectivity index is 1.90. The molecular formula is C15H24N2. The zero-order valence-corrected chi connectivity index (χ0v) is 11.2. The molecule has 2 nitrogen and oxygen atoms in total. The fraction of sp³-hybridized carbons (Fsp3) is 0.600. The molecule has 1 aromatic carbocycles.